The van der Waals surface area contributed by atoms with Gasteiger partial charge in [-0.1, -0.05) is 18.2 Å². The van der Waals surface area contributed by atoms with Crippen LogP contribution in [0.15, 0.2) is 42.6 Å². The molecule has 2 heterocycles. The summed E-state index contributed by atoms with van der Waals surface area (Å²) in [4.78, 5) is 12.3. The summed E-state index contributed by atoms with van der Waals surface area (Å²) in [6.45, 7) is 2.09. The molecule has 0 radical (unpaired) electrons. The predicted molar refractivity (Wildman–Crippen MR) is 72.5 cm³/mol. The highest BCUT2D eigenvalue weighted by molar-refractivity contribution is 5.78. The first-order valence-electron chi connectivity index (χ1n) is 6.17. The summed E-state index contributed by atoms with van der Waals surface area (Å²) < 4.78 is 0. The molecule has 3 heteroatoms. The average molecular weight is 237 g/mol. The zero-order valence-corrected chi connectivity index (χ0v) is 10.4. The summed E-state index contributed by atoms with van der Waals surface area (Å²) in [6.07, 6.45) is 3.64. The lowest BCUT2D eigenvalue weighted by atomic mass is 10.2. The Labute approximate surface area is 106 Å². The second-order valence-corrected chi connectivity index (χ2v) is 4.48. The van der Waals surface area contributed by atoms with E-state index in [1.807, 2.05) is 24.4 Å². The van der Waals surface area contributed by atoms with Gasteiger partial charge in [0.15, 0.2) is 0 Å². The zero-order chi connectivity index (χ0) is 12.4. The van der Waals surface area contributed by atoms with Gasteiger partial charge in [0.25, 0.3) is 0 Å². The normalized spacial score (nSPS) is 10.9. The van der Waals surface area contributed by atoms with Crippen LogP contribution in [0.3, 0.4) is 0 Å². The summed E-state index contributed by atoms with van der Waals surface area (Å²) in [6, 6.07) is 12.2. The third-order valence-electron chi connectivity index (χ3n) is 3.11. The van der Waals surface area contributed by atoms with E-state index in [0.717, 1.165) is 35.4 Å². The monoisotopic (exact) mass is 237 g/mol. The number of nitrogens with one attached hydrogen (secondary N) is 1. The van der Waals surface area contributed by atoms with E-state index in [0.29, 0.717) is 0 Å². The number of aryl methyl sites for hydroxylation is 3. The molecule has 3 nitrogen and oxygen atoms in total. The van der Waals surface area contributed by atoms with Crippen molar-refractivity contribution in [3.05, 3.63) is 59.7 Å². The minimum atomic E-state index is 0.894. The molecule has 0 saturated carbocycles. The number of pyridine rings is 1. The molecule has 90 valence electrons. The molecular formula is C15H15N3. The number of benzene rings is 1. The van der Waals surface area contributed by atoms with Crippen LogP contribution in [0, 0.1) is 6.92 Å². The number of hydrogen-bond donors (Lipinski definition) is 1. The standard InChI is InChI=1S/C15H15N3/c1-11-5-4-7-13-15(11)18-14(17-13)9-8-12-6-2-3-10-16-12/h2-7,10H,8-9H2,1H3,(H,17,18). The third-order valence-corrected chi connectivity index (χ3v) is 3.11. The van der Waals surface area contributed by atoms with Crippen LogP contribution in [0.4, 0.5) is 0 Å². The quantitative estimate of drug-likeness (QED) is 0.760. The molecule has 18 heavy (non-hydrogen) atoms. The SMILES string of the molecule is Cc1cccc2[nH]c(CCc3ccccn3)nc12. The maximum atomic E-state index is 4.64. The topological polar surface area (TPSA) is 41.6 Å². The molecule has 2 aromatic heterocycles. The fourth-order valence-corrected chi connectivity index (χ4v) is 2.14. The highest BCUT2D eigenvalue weighted by Gasteiger charge is 2.05. The van der Waals surface area contributed by atoms with E-state index in [1.165, 1.54) is 5.56 Å². The summed E-state index contributed by atoms with van der Waals surface area (Å²) in [7, 11) is 0. The highest BCUT2D eigenvalue weighted by atomic mass is 14.9. The lowest BCUT2D eigenvalue weighted by molar-refractivity contribution is 0.861. The molecule has 0 spiro atoms. The van der Waals surface area contributed by atoms with Crippen molar-refractivity contribution in [1.29, 1.82) is 0 Å². The van der Waals surface area contributed by atoms with Crippen LogP contribution >= 0.6 is 0 Å². The smallest absolute Gasteiger partial charge is 0.107 e. The van der Waals surface area contributed by atoms with Crippen molar-refractivity contribution in [2.75, 3.05) is 0 Å². The first-order chi connectivity index (χ1) is 8.83. The Balaban J connectivity index is 1.81. The zero-order valence-electron chi connectivity index (χ0n) is 10.4. The minimum absolute atomic E-state index is 0.894. The molecule has 0 unspecified atom stereocenters. The van der Waals surface area contributed by atoms with Gasteiger partial charge in [-0.25, -0.2) is 4.98 Å². The molecule has 0 atom stereocenters. The molecule has 1 N–H and O–H groups in total. The number of aromatic amines is 1. The first kappa shape index (κ1) is 11.0. The van der Waals surface area contributed by atoms with Gasteiger partial charge in [0, 0.05) is 18.3 Å². The van der Waals surface area contributed by atoms with Crippen LogP contribution in [0.1, 0.15) is 17.1 Å². The van der Waals surface area contributed by atoms with Gasteiger partial charge in [-0.05, 0) is 37.1 Å². The van der Waals surface area contributed by atoms with Crippen molar-refractivity contribution in [2.24, 2.45) is 0 Å². The van der Waals surface area contributed by atoms with E-state index >= 15 is 0 Å². The minimum Gasteiger partial charge on any atom is -0.342 e. The van der Waals surface area contributed by atoms with Crippen LogP contribution < -0.4 is 0 Å². The molecule has 0 bridgehead atoms. The molecule has 3 aromatic rings. The number of nitrogens with zero attached hydrogens (tertiary/aromatic N) is 2. The Morgan fingerprint density at radius 1 is 1.06 bits per heavy atom. The largest absolute Gasteiger partial charge is 0.342 e. The Morgan fingerprint density at radius 2 is 2.00 bits per heavy atom. The maximum absolute atomic E-state index is 4.64. The van der Waals surface area contributed by atoms with Crippen LogP contribution in [-0.4, -0.2) is 15.0 Å². The number of para-hydroxylation sites is 1. The van der Waals surface area contributed by atoms with Crippen LogP contribution in [0.5, 0.6) is 0 Å². The Kier molecular flexibility index (Phi) is 2.81. The summed E-state index contributed by atoms with van der Waals surface area (Å²) in [5.74, 6) is 1.03. The summed E-state index contributed by atoms with van der Waals surface area (Å²) in [5.41, 5.74) is 4.52. The van der Waals surface area contributed by atoms with Crippen molar-refractivity contribution < 1.29 is 0 Å². The van der Waals surface area contributed by atoms with Gasteiger partial charge in [-0.3, -0.25) is 4.98 Å². The van der Waals surface area contributed by atoms with Gasteiger partial charge >= 0.3 is 0 Å². The van der Waals surface area contributed by atoms with Gasteiger partial charge in [0.2, 0.25) is 0 Å². The maximum Gasteiger partial charge on any atom is 0.107 e. The number of hydrogen-bond acceptors (Lipinski definition) is 2. The molecule has 0 aliphatic heterocycles. The molecule has 0 aliphatic carbocycles. The van der Waals surface area contributed by atoms with E-state index in [2.05, 4.69) is 40.1 Å². The lowest BCUT2D eigenvalue weighted by Gasteiger charge is -1.96. The van der Waals surface area contributed by atoms with Crippen LogP contribution in [0.25, 0.3) is 11.0 Å². The van der Waals surface area contributed by atoms with Crippen molar-refractivity contribution in [2.45, 2.75) is 19.8 Å². The Bertz CT molecular complexity index is 656. The van der Waals surface area contributed by atoms with Crippen molar-refractivity contribution in [3.63, 3.8) is 0 Å². The van der Waals surface area contributed by atoms with Crippen molar-refractivity contribution >= 4 is 11.0 Å². The fourth-order valence-electron chi connectivity index (χ4n) is 2.14. The third kappa shape index (κ3) is 2.12. The van der Waals surface area contributed by atoms with Gasteiger partial charge in [0.05, 0.1) is 11.0 Å². The highest BCUT2D eigenvalue weighted by Crippen LogP contribution is 2.16. The number of H-pyrrole nitrogens is 1. The molecule has 0 saturated heterocycles. The summed E-state index contributed by atoms with van der Waals surface area (Å²) >= 11 is 0. The fraction of sp³-hybridized carbons (Fsp3) is 0.200. The van der Waals surface area contributed by atoms with Crippen LogP contribution in [-0.2, 0) is 12.8 Å². The first-order valence-corrected chi connectivity index (χ1v) is 6.17. The molecular weight excluding hydrogens is 222 g/mol. The average Bonchev–Trinajstić information content (AvgIpc) is 2.82. The number of aromatic nitrogens is 3. The second kappa shape index (κ2) is 4.61. The molecule has 0 aliphatic rings. The van der Waals surface area contributed by atoms with Crippen molar-refractivity contribution in [3.8, 4) is 0 Å². The van der Waals surface area contributed by atoms with Gasteiger partial charge < -0.3 is 4.98 Å². The van der Waals surface area contributed by atoms with Gasteiger partial charge in [-0.2, -0.15) is 0 Å². The van der Waals surface area contributed by atoms with Gasteiger partial charge in [0.1, 0.15) is 5.82 Å². The second-order valence-electron chi connectivity index (χ2n) is 4.48. The lowest BCUT2D eigenvalue weighted by Crippen LogP contribution is -1.95. The van der Waals surface area contributed by atoms with E-state index in [-0.39, 0.29) is 0 Å². The number of rotatable bonds is 3. The van der Waals surface area contributed by atoms with E-state index in [9.17, 15) is 0 Å². The van der Waals surface area contributed by atoms with Crippen molar-refractivity contribution in [1.82, 2.24) is 15.0 Å². The van der Waals surface area contributed by atoms with E-state index in [1.54, 1.807) is 0 Å². The number of imidazole rings is 1. The Hall–Kier alpha value is -2.16. The number of fused-ring (bicyclic) bond motifs is 1. The molecule has 0 amide bonds. The molecule has 3 rings (SSSR count). The van der Waals surface area contributed by atoms with E-state index in [4.69, 9.17) is 0 Å². The van der Waals surface area contributed by atoms with Gasteiger partial charge in [-0.15, -0.1) is 0 Å². The van der Waals surface area contributed by atoms with E-state index < -0.39 is 0 Å². The molecule has 0 fully saturated rings. The predicted octanol–water partition coefficient (Wildman–Crippen LogP) is 3.05. The Morgan fingerprint density at radius 3 is 2.78 bits per heavy atom. The van der Waals surface area contributed by atoms with Crippen LogP contribution in [0.2, 0.25) is 0 Å². The summed E-state index contributed by atoms with van der Waals surface area (Å²) in [5, 5.41) is 0. The molecule has 1 aromatic carbocycles.